The molecule has 0 aliphatic rings. The second kappa shape index (κ2) is 22.4. The van der Waals surface area contributed by atoms with E-state index in [1.807, 2.05) is 27.7 Å². The lowest BCUT2D eigenvalue weighted by Gasteiger charge is -1.78. The van der Waals surface area contributed by atoms with Crippen molar-refractivity contribution < 1.29 is 4.79 Å². The molecule has 0 spiro atoms. The molecule has 0 saturated heterocycles. The van der Waals surface area contributed by atoms with Crippen LogP contribution in [0.2, 0.25) is 0 Å². The predicted octanol–water partition coefficient (Wildman–Crippen LogP) is 4.02. The fraction of sp³-hybridized carbons (Fsp3) is 0.500. The average molecular weight is 188 g/mol. The molecule has 0 aromatic heterocycles. The third-order valence-corrected chi connectivity index (χ3v) is 1.07. The molecule has 0 radical (unpaired) electrons. The largest absolute Gasteiger partial charge is 0.287 e. The average Bonchev–Trinajstić information content (AvgIpc) is 2.12. The number of hydrogen-bond acceptors (Lipinski definition) is 2. The lowest BCUT2D eigenvalue weighted by atomic mass is 10.6. The molecule has 2 heteroatoms. The molecule has 0 saturated carbocycles. The van der Waals surface area contributed by atoms with E-state index < -0.39 is 0 Å². The zero-order valence-corrected chi connectivity index (χ0v) is 9.57. The second-order valence-electron chi connectivity index (χ2n) is 1.17. The summed E-state index contributed by atoms with van der Waals surface area (Å²) < 4.78 is 0. The van der Waals surface area contributed by atoms with E-state index >= 15 is 0 Å². The van der Waals surface area contributed by atoms with Crippen LogP contribution in [0.5, 0.6) is 0 Å². The van der Waals surface area contributed by atoms with Gasteiger partial charge in [-0.05, 0) is 5.41 Å². The van der Waals surface area contributed by atoms with E-state index in [1.165, 1.54) is 18.7 Å². The van der Waals surface area contributed by atoms with Crippen molar-refractivity contribution in [2.75, 3.05) is 0 Å². The molecule has 12 heavy (non-hydrogen) atoms. The highest BCUT2D eigenvalue weighted by molar-refractivity contribution is 8.16. The lowest BCUT2D eigenvalue weighted by Crippen LogP contribution is -1.72. The fourth-order valence-corrected chi connectivity index (χ4v) is 0.572. The van der Waals surface area contributed by atoms with Crippen molar-refractivity contribution >= 4 is 16.9 Å². The van der Waals surface area contributed by atoms with Gasteiger partial charge in [-0.1, -0.05) is 58.2 Å². The Kier molecular flexibility index (Phi) is 32.8. The Morgan fingerprint density at radius 3 is 1.92 bits per heavy atom. The molecule has 0 rings (SSSR count). The highest BCUT2D eigenvalue weighted by Gasteiger charge is 1.82. The molecule has 0 amide bonds. The van der Waals surface area contributed by atoms with Crippen molar-refractivity contribution in [1.29, 1.82) is 0 Å². The number of rotatable bonds is 2. The van der Waals surface area contributed by atoms with Crippen LogP contribution in [-0.4, -0.2) is 5.12 Å². The van der Waals surface area contributed by atoms with Crippen LogP contribution in [0.3, 0.4) is 0 Å². The van der Waals surface area contributed by atoms with E-state index in [9.17, 15) is 4.79 Å². The van der Waals surface area contributed by atoms with Crippen molar-refractivity contribution in [3.05, 3.63) is 24.1 Å². The monoisotopic (exact) mass is 188 g/mol. The van der Waals surface area contributed by atoms with E-state index in [0.717, 1.165) is 0 Å². The maximum Gasteiger partial charge on any atom is 0.190 e. The third kappa shape index (κ3) is 33.9. The number of carbonyl (C=O) groups excluding carboxylic acids is 1. The molecule has 0 fully saturated rings. The van der Waals surface area contributed by atoms with Crippen molar-refractivity contribution in [2.24, 2.45) is 0 Å². The Bertz CT molecular complexity index is 117. The van der Waals surface area contributed by atoms with E-state index in [4.69, 9.17) is 0 Å². The van der Waals surface area contributed by atoms with Crippen LogP contribution in [0.4, 0.5) is 0 Å². The summed E-state index contributed by atoms with van der Waals surface area (Å²) in [6.07, 6.45) is 3.36. The van der Waals surface area contributed by atoms with Gasteiger partial charge in [0.1, 0.15) is 0 Å². The Balaban J connectivity index is -0.000000175. The van der Waals surface area contributed by atoms with E-state index in [0.29, 0.717) is 0 Å². The predicted molar refractivity (Wildman–Crippen MR) is 60.3 cm³/mol. The number of thioether (sulfide) groups is 1. The van der Waals surface area contributed by atoms with Gasteiger partial charge in [0.2, 0.25) is 0 Å². The van der Waals surface area contributed by atoms with Crippen molar-refractivity contribution in [1.82, 2.24) is 0 Å². The molecule has 0 N–H and O–H groups in total. The van der Waals surface area contributed by atoms with Crippen LogP contribution >= 0.6 is 11.8 Å². The normalized spacial score (nSPS) is 7.42. The molecule has 0 aromatic rings. The highest BCUT2D eigenvalue weighted by atomic mass is 32.2. The first-order valence-corrected chi connectivity index (χ1v) is 5.10. The number of hydrogen-bond donors (Lipinski definition) is 0. The lowest BCUT2D eigenvalue weighted by molar-refractivity contribution is -0.109. The van der Waals surface area contributed by atoms with Crippen LogP contribution in [0.25, 0.3) is 0 Å². The van der Waals surface area contributed by atoms with Crippen LogP contribution < -0.4 is 0 Å². The van der Waals surface area contributed by atoms with Crippen molar-refractivity contribution in [2.45, 2.75) is 34.6 Å². The number of carbonyl (C=O) groups is 1. The minimum Gasteiger partial charge on any atom is -0.287 e. The molecular weight excluding hydrogens is 168 g/mol. The maximum absolute atomic E-state index is 10.2. The van der Waals surface area contributed by atoms with E-state index in [2.05, 4.69) is 6.58 Å². The maximum atomic E-state index is 10.2. The van der Waals surface area contributed by atoms with Gasteiger partial charge in [0.05, 0.1) is 0 Å². The molecule has 0 heterocycles. The van der Waals surface area contributed by atoms with Gasteiger partial charge < -0.3 is 0 Å². The minimum absolute atomic E-state index is 0.100. The standard InChI is InChI=1S/C6H8OS.2C2H6/c1-3-4-5-8-6(2)7;2*1-2/h3-5H,1H2,2H3;2*1-2H3/b5-4-;;. The van der Waals surface area contributed by atoms with Crippen LogP contribution in [0.15, 0.2) is 24.1 Å². The Hall–Kier alpha value is -0.500. The van der Waals surface area contributed by atoms with Gasteiger partial charge in [-0.25, -0.2) is 0 Å². The topological polar surface area (TPSA) is 17.1 Å². The first-order chi connectivity index (χ1) is 5.77. The number of allylic oxidation sites excluding steroid dienone is 2. The molecule has 72 valence electrons. The minimum atomic E-state index is 0.100. The van der Waals surface area contributed by atoms with Crippen LogP contribution in [0.1, 0.15) is 34.6 Å². The summed E-state index contributed by atoms with van der Waals surface area (Å²) in [5.41, 5.74) is 0. The van der Waals surface area contributed by atoms with Crippen LogP contribution in [0, 0.1) is 0 Å². The van der Waals surface area contributed by atoms with Gasteiger partial charge in [-0.3, -0.25) is 4.79 Å². The van der Waals surface area contributed by atoms with Gasteiger partial charge in [0.25, 0.3) is 0 Å². The summed E-state index contributed by atoms with van der Waals surface area (Å²) in [6.45, 7) is 13.0. The SMILES string of the molecule is C=C/C=C\SC(C)=O.CC.CC. The smallest absolute Gasteiger partial charge is 0.190 e. The summed E-state index contributed by atoms with van der Waals surface area (Å²) in [4.78, 5) is 10.2. The molecule has 0 atom stereocenters. The Morgan fingerprint density at radius 2 is 1.67 bits per heavy atom. The fourth-order valence-electron chi connectivity index (χ4n) is 0.191. The summed E-state index contributed by atoms with van der Waals surface area (Å²) >= 11 is 1.17. The van der Waals surface area contributed by atoms with Gasteiger partial charge in [0, 0.05) is 6.92 Å². The summed E-state index contributed by atoms with van der Waals surface area (Å²) in [5.74, 6) is 0. The zero-order valence-electron chi connectivity index (χ0n) is 8.76. The molecule has 0 aliphatic heterocycles. The van der Waals surface area contributed by atoms with Gasteiger partial charge in [0.15, 0.2) is 5.12 Å². The second-order valence-corrected chi connectivity index (χ2v) is 2.26. The molecule has 0 aliphatic carbocycles. The first kappa shape index (κ1) is 17.5. The molecule has 0 aromatic carbocycles. The van der Waals surface area contributed by atoms with Crippen molar-refractivity contribution in [3.8, 4) is 0 Å². The Labute approximate surface area is 80.9 Å². The highest BCUT2D eigenvalue weighted by Crippen LogP contribution is 2.01. The van der Waals surface area contributed by atoms with E-state index in [-0.39, 0.29) is 5.12 Å². The third-order valence-electron chi connectivity index (χ3n) is 0.449. The molecule has 0 bridgehead atoms. The zero-order chi connectivity index (χ0) is 10.4. The van der Waals surface area contributed by atoms with Gasteiger partial charge in [-0.2, -0.15) is 0 Å². The molecule has 1 nitrogen and oxygen atoms in total. The summed E-state index contributed by atoms with van der Waals surface area (Å²) in [7, 11) is 0. The molecule has 0 unspecified atom stereocenters. The quantitative estimate of drug-likeness (QED) is 0.609. The summed E-state index contributed by atoms with van der Waals surface area (Å²) in [6, 6.07) is 0. The van der Waals surface area contributed by atoms with E-state index in [1.54, 1.807) is 17.6 Å². The van der Waals surface area contributed by atoms with Crippen LogP contribution in [-0.2, 0) is 4.79 Å². The van der Waals surface area contributed by atoms with Gasteiger partial charge in [-0.15, -0.1) is 0 Å². The molecular formula is C10H20OS. The summed E-state index contributed by atoms with van der Waals surface area (Å²) in [5, 5.41) is 1.80. The Morgan fingerprint density at radius 1 is 1.25 bits per heavy atom. The first-order valence-electron chi connectivity index (χ1n) is 4.22. The van der Waals surface area contributed by atoms with Crippen molar-refractivity contribution in [3.63, 3.8) is 0 Å². The van der Waals surface area contributed by atoms with Gasteiger partial charge >= 0.3 is 0 Å².